The van der Waals surface area contributed by atoms with Gasteiger partial charge < -0.3 is 14.6 Å². The molecular formula is C22H21ClN4O2. The van der Waals surface area contributed by atoms with Gasteiger partial charge in [-0.1, -0.05) is 30.2 Å². The first-order chi connectivity index (χ1) is 14.2. The van der Waals surface area contributed by atoms with Crippen LogP contribution in [0.25, 0.3) is 11.4 Å². The summed E-state index contributed by atoms with van der Waals surface area (Å²) in [5.74, 6) is 2.45. The van der Waals surface area contributed by atoms with E-state index in [0.29, 0.717) is 11.4 Å². The quantitative estimate of drug-likeness (QED) is 0.702. The number of nitrogens with zero attached hydrogens (tertiary/aromatic N) is 3. The van der Waals surface area contributed by atoms with Gasteiger partial charge in [0, 0.05) is 35.7 Å². The van der Waals surface area contributed by atoms with Crippen LogP contribution in [-0.2, 0) is 24.2 Å². The molecule has 0 fully saturated rings. The van der Waals surface area contributed by atoms with E-state index < -0.39 is 6.10 Å². The van der Waals surface area contributed by atoms with Crippen molar-refractivity contribution in [1.82, 2.24) is 14.8 Å². The van der Waals surface area contributed by atoms with Gasteiger partial charge in [0.15, 0.2) is 11.9 Å². The van der Waals surface area contributed by atoms with Gasteiger partial charge in [-0.05, 0) is 48.7 Å². The van der Waals surface area contributed by atoms with Crippen LogP contribution >= 0.6 is 11.6 Å². The van der Waals surface area contributed by atoms with Crippen LogP contribution in [0, 0.1) is 0 Å². The molecule has 5 rings (SSSR count). The van der Waals surface area contributed by atoms with Crippen molar-refractivity contribution in [2.24, 2.45) is 0 Å². The number of carbonyl (C=O) groups is 1. The average molecular weight is 409 g/mol. The van der Waals surface area contributed by atoms with E-state index in [0.717, 1.165) is 60.0 Å². The van der Waals surface area contributed by atoms with Gasteiger partial charge in [0.2, 0.25) is 0 Å². The molecule has 29 heavy (non-hydrogen) atoms. The van der Waals surface area contributed by atoms with Gasteiger partial charge in [0.05, 0.1) is 0 Å². The van der Waals surface area contributed by atoms with E-state index in [2.05, 4.69) is 20.1 Å². The Morgan fingerprint density at radius 3 is 3.00 bits per heavy atom. The van der Waals surface area contributed by atoms with E-state index in [1.807, 2.05) is 36.4 Å². The van der Waals surface area contributed by atoms with Gasteiger partial charge in [0.1, 0.15) is 11.6 Å². The van der Waals surface area contributed by atoms with Crippen LogP contribution in [0.1, 0.15) is 30.7 Å². The Hall–Kier alpha value is -2.86. The summed E-state index contributed by atoms with van der Waals surface area (Å²) in [7, 11) is 0. The second-order valence-electron chi connectivity index (χ2n) is 7.53. The maximum atomic E-state index is 12.7. The molecule has 0 radical (unpaired) electrons. The molecule has 1 aromatic heterocycles. The lowest BCUT2D eigenvalue weighted by Gasteiger charge is -2.12. The van der Waals surface area contributed by atoms with Gasteiger partial charge in [0.25, 0.3) is 5.91 Å². The number of hydrogen-bond donors (Lipinski definition) is 1. The van der Waals surface area contributed by atoms with Gasteiger partial charge in [-0.25, -0.2) is 0 Å². The van der Waals surface area contributed by atoms with Gasteiger partial charge >= 0.3 is 0 Å². The van der Waals surface area contributed by atoms with Crippen molar-refractivity contribution in [1.29, 1.82) is 0 Å². The zero-order valence-corrected chi connectivity index (χ0v) is 16.7. The van der Waals surface area contributed by atoms with Gasteiger partial charge in [-0.15, -0.1) is 10.2 Å². The monoisotopic (exact) mass is 408 g/mol. The number of hydrogen-bond acceptors (Lipinski definition) is 4. The van der Waals surface area contributed by atoms with Crippen molar-refractivity contribution in [3.8, 4) is 17.1 Å². The number of halogens is 1. The number of aromatic nitrogens is 3. The number of aryl methyl sites for hydroxylation is 1. The number of benzene rings is 2. The highest BCUT2D eigenvalue weighted by Crippen LogP contribution is 2.32. The molecule has 0 unspecified atom stereocenters. The van der Waals surface area contributed by atoms with E-state index in [4.69, 9.17) is 16.3 Å². The predicted molar refractivity (Wildman–Crippen MR) is 111 cm³/mol. The van der Waals surface area contributed by atoms with Crippen molar-refractivity contribution >= 4 is 23.2 Å². The summed E-state index contributed by atoms with van der Waals surface area (Å²) in [6, 6.07) is 13.2. The van der Waals surface area contributed by atoms with E-state index >= 15 is 0 Å². The summed E-state index contributed by atoms with van der Waals surface area (Å²) in [5, 5.41) is 12.4. The summed E-state index contributed by atoms with van der Waals surface area (Å²) in [6.45, 7) is 0.936. The number of ether oxygens (including phenoxy) is 1. The lowest BCUT2D eigenvalue weighted by atomic mass is 10.1. The van der Waals surface area contributed by atoms with Crippen LogP contribution in [0.3, 0.4) is 0 Å². The predicted octanol–water partition coefficient (Wildman–Crippen LogP) is 4.27. The number of carbonyl (C=O) groups excluding carboxylic acids is 1. The fraction of sp³-hybridized carbons (Fsp3) is 0.318. The van der Waals surface area contributed by atoms with Crippen molar-refractivity contribution in [3.63, 3.8) is 0 Å². The van der Waals surface area contributed by atoms with E-state index in [1.54, 1.807) is 6.07 Å². The number of anilines is 1. The molecule has 1 atom stereocenters. The maximum absolute atomic E-state index is 12.7. The molecule has 7 heteroatoms. The SMILES string of the molecule is O=C(Nc1cccc(-c2nnc3n2CCCCC3)c1)[C@@H]1Cc2cc(Cl)ccc2O1. The van der Waals surface area contributed by atoms with E-state index in [9.17, 15) is 4.79 Å². The smallest absolute Gasteiger partial charge is 0.265 e. The average Bonchev–Trinajstić information content (AvgIpc) is 3.25. The molecular weight excluding hydrogens is 388 g/mol. The fourth-order valence-corrected chi connectivity index (χ4v) is 4.22. The lowest BCUT2D eigenvalue weighted by molar-refractivity contribution is -0.122. The third-order valence-corrected chi connectivity index (χ3v) is 5.72. The summed E-state index contributed by atoms with van der Waals surface area (Å²) in [4.78, 5) is 12.7. The molecule has 6 nitrogen and oxygen atoms in total. The molecule has 2 aliphatic rings. The molecule has 3 heterocycles. The largest absolute Gasteiger partial charge is 0.480 e. The zero-order valence-electron chi connectivity index (χ0n) is 15.9. The van der Waals surface area contributed by atoms with Crippen LogP contribution in [0.4, 0.5) is 5.69 Å². The summed E-state index contributed by atoms with van der Waals surface area (Å²) < 4.78 is 7.99. The zero-order chi connectivity index (χ0) is 19.8. The summed E-state index contributed by atoms with van der Waals surface area (Å²) >= 11 is 6.04. The first-order valence-electron chi connectivity index (χ1n) is 9.96. The maximum Gasteiger partial charge on any atom is 0.265 e. The fourth-order valence-electron chi connectivity index (χ4n) is 4.02. The van der Waals surface area contributed by atoms with Crippen molar-refractivity contribution in [2.75, 3.05) is 5.32 Å². The Kier molecular flexibility index (Phi) is 4.72. The molecule has 0 aliphatic carbocycles. The summed E-state index contributed by atoms with van der Waals surface area (Å²) in [6.07, 6.45) is 4.43. The first-order valence-corrected chi connectivity index (χ1v) is 10.3. The number of fused-ring (bicyclic) bond motifs is 2. The molecule has 0 saturated carbocycles. The van der Waals surface area contributed by atoms with E-state index in [1.165, 1.54) is 6.42 Å². The highest BCUT2D eigenvalue weighted by molar-refractivity contribution is 6.30. The topological polar surface area (TPSA) is 69.0 Å². The minimum Gasteiger partial charge on any atom is -0.480 e. The second kappa shape index (κ2) is 7.52. The highest BCUT2D eigenvalue weighted by atomic mass is 35.5. The Labute approximate surface area is 173 Å². The second-order valence-corrected chi connectivity index (χ2v) is 7.97. The number of nitrogens with one attached hydrogen (secondary N) is 1. The third-order valence-electron chi connectivity index (χ3n) is 5.49. The molecule has 0 spiro atoms. The standard InChI is InChI=1S/C22H21ClN4O2/c23-16-8-9-18-15(11-16)13-19(29-18)22(28)24-17-6-4-5-14(12-17)21-26-25-20-7-2-1-3-10-27(20)21/h4-6,8-9,11-12,19H,1-3,7,10,13H2,(H,24,28)/t19-/m0/s1. The minimum absolute atomic E-state index is 0.172. The molecule has 0 bridgehead atoms. The van der Waals surface area contributed by atoms with E-state index in [-0.39, 0.29) is 5.91 Å². The number of rotatable bonds is 3. The van der Waals surface area contributed by atoms with Gasteiger partial charge in [-0.2, -0.15) is 0 Å². The van der Waals surface area contributed by atoms with Crippen LogP contribution < -0.4 is 10.1 Å². The van der Waals surface area contributed by atoms with Crippen LogP contribution in [0.2, 0.25) is 5.02 Å². The molecule has 0 saturated heterocycles. The molecule has 1 N–H and O–H groups in total. The third kappa shape index (κ3) is 3.60. The van der Waals surface area contributed by atoms with Crippen LogP contribution in [0.15, 0.2) is 42.5 Å². The Bertz CT molecular complexity index is 1080. The normalized spacial score (nSPS) is 17.8. The Morgan fingerprint density at radius 1 is 1.14 bits per heavy atom. The van der Waals surface area contributed by atoms with Crippen LogP contribution in [0.5, 0.6) is 5.75 Å². The molecule has 2 aliphatic heterocycles. The molecule has 148 valence electrons. The minimum atomic E-state index is -0.559. The summed E-state index contributed by atoms with van der Waals surface area (Å²) in [5.41, 5.74) is 2.62. The Balaban J connectivity index is 1.33. The molecule has 1 amide bonds. The first kappa shape index (κ1) is 18.2. The lowest BCUT2D eigenvalue weighted by Crippen LogP contribution is -2.31. The van der Waals surface area contributed by atoms with Crippen LogP contribution in [-0.4, -0.2) is 26.8 Å². The number of amides is 1. The highest BCUT2D eigenvalue weighted by Gasteiger charge is 2.29. The van der Waals surface area contributed by atoms with Crippen molar-refractivity contribution < 1.29 is 9.53 Å². The molecule has 2 aromatic carbocycles. The van der Waals surface area contributed by atoms with Crippen molar-refractivity contribution in [3.05, 3.63) is 58.9 Å². The molecule has 3 aromatic rings. The van der Waals surface area contributed by atoms with Crippen molar-refractivity contribution in [2.45, 2.75) is 44.8 Å². The Morgan fingerprint density at radius 2 is 2.07 bits per heavy atom. The van der Waals surface area contributed by atoms with Gasteiger partial charge in [-0.3, -0.25) is 4.79 Å².